The summed E-state index contributed by atoms with van der Waals surface area (Å²) in [6.45, 7) is 3.49. The predicted octanol–water partition coefficient (Wildman–Crippen LogP) is 2.49. The zero-order valence-electron chi connectivity index (χ0n) is 15.1. The van der Waals surface area contributed by atoms with Crippen LogP contribution < -0.4 is 5.32 Å². The Kier molecular flexibility index (Phi) is 6.20. The van der Waals surface area contributed by atoms with Gasteiger partial charge in [-0.1, -0.05) is 18.2 Å². The van der Waals surface area contributed by atoms with Crippen molar-refractivity contribution in [3.63, 3.8) is 0 Å². The van der Waals surface area contributed by atoms with E-state index in [4.69, 9.17) is 0 Å². The highest BCUT2D eigenvalue weighted by molar-refractivity contribution is 7.90. The molecule has 0 aliphatic heterocycles. The van der Waals surface area contributed by atoms with E-state index in [0.717, 1.165) is 11.8 Å². The summed E-state index contributed by atoms with van der Waals surface area (Å²) in [5, 5.41) is 4.50. The lowest BCUT2D eigenvalue weighted by molar-refractivity contribution is -0.133. The number of sulfone groups is 1. The number of carbonyl (C=O) groups is 2. The molecular formula is C18H22N2O4S2. The Bertz CT molecular complexity index is 874. The van der Waals surface area contributed by atoms with Gasteiger partial charge in [0.1, 0.15) is 6.04 Å². The van der Waals surface area contributed by atoms with Crippen LogP contribution in [0.4, 0.5) is 0 Å². The number of nitrogens with zero attached hydrogens (tertiary/aromatic N) is 1. The molecule has 140 valence electrons. The number of likely N-dealkylation sites (N-methyl/N-ethyl adjacent to an activating group) is 1. The molecule has 0 saturated carbocycles. The average Bonchev–Trinajstić information content (AvgIpc) is 3.13. The van der Waals surface area contributed by atoms with Crippen LogP contribution in [0.5, 0.6) is 0 Å². The minimum absolute atomic E-state index is 0.227. The molecule has 0 aliphatic rings. The molecule has 0 aliphatic carbocycles. The van der Waals surface area contributed by atoms with E-state index in [9.17, 15) is 18.0 Å². The molecule has 1 heterocycles. The molecule has 1 aromatic carbocycles. The van der Waals surface area contributed by atoms with Gasteiger partial charge in [0.25, 0.3) is 5.91 Å². The second-order valence-corrected chi connectivity index (χ2v) is 9.10. The molecule has 0 fully saturated rings. The van der Waals surface area contributed by atoms with E-state index >= 15 is 0 Å². The predicted molar refractivity (Wildman–Crippen MR) is 102 cm³/mol. The summed E-state index contributed by atoms with van der Waals surface area (Å²) >= 11 is 1.31. The Morgan fingerprint density at radius 2 is 1.73 bits per heavy atom. The second kappa shape index (κ2) is 8.01. The zero-order valence-corrected chi connectivity index (χ0v) is 16.7. The van der Waals surface area contributed by atoms with Crippen molar-refractivity contribution >= 4 is 33.0 Å². The number of thiophene rings is 1. The number of hydrogen-bond acceptors (Lipinski definition) is 5. The van der Waals surface area contributed by atoms with Crippen LogP contribution >= 0.6 is 11.3 Å². The quantitative estimate of drug-likeness (QED) is 0.816. The standard InChI is InChI=1S/C18H22N2O4S2/c1-12(19-17(21)16-6-5-11-25-16)18(22)20(3)13(2)14-7-9-15(10-8-14)26(4,23)24/h5-13H,1-4H3,(H,19,21). The van der Waals surface area contributed by atoms with Crippen LogP contribution in [0, 0.1) is 0 Å². The summed E-state index contributed by atoms with van der Waals surface area (Å²) in [6.07, 6.45) is 1.15. The SMILES string of the molecule is CC(NC(=O)c1cccs1)C(=O)N(C)C(C)c1ccc(S(C)(=O)=O)cc1. The molecule has 1 aromatic heterocycles. The van der Waals surface area contributed by atoms with Crippen molar-refractivity contribution in [2.24, 2.45) is 0 Å². The van der Waals surface area contributed by atoms with Crippen LogP contribution in [0.3, 0.4) is 0 Å². The van der Waals surface area contributed by atoms with Crippen LogP contribution in [-0.2, 0) is 14.6 Å². The fraction of sp³-hybridized carbons (Fsp3) is 0.333. The van der Waals surface area contributed by atoms with Gasteiger partial charge in [-0.3, -0.25) is 9.59 Å². The number of hydrogen-bond donors (Lipinski definition) is 1. The first-order valence-corrected chi connectivity index (χ1v) is 10.8. The van der Waals surface area contributed by atoms with E-state index < -0.39 is 15.9 Å². The highest BCUT2D eigenvalue weighted by Gasteiger charge is 2.24. The van der Waals surface area contributed by atoms with Crippen molar-refractivity contribution in [3.8, 4) is 0 Å². The van der Waals surface area contributed by atoms with Gasteiger partial charge >= 0.3 is 0 Å². The maximum atomic E-state index is 12.6. The van der Waals surface area contributed by atoms with Crippen molar-refractivity contribution in [3.05, 3.63) is 52.2 Å². The Morgan fingerprint density at radius 3 is 2.23 bits per heavy atom. The number of benzene rings is 1. The van der Waals surface area contributed by atoms with E-state index in [1.807, 2.05) is 6.92 Å². The number of nitrogens with one attached hydrogen (secondary N) is 1. The molecular weight excluding hydrogens is 372 g/mol. The van der Waals surface area contributed by atoms with Gasteiger partial charge in [0, 0.05) is 13.3 Å². The van der Waals surface area contributed by atoms with Crippen LogP contribution in [0.25, 0.3) is 0 Å². The lowest BCUT2D eigenvalue weighted by atomic mass is 10.1. The fourth-order valence-corrected chi connectivity index (χ4v) is 3.71. The first-order chi connectivity index (χ1) is 12.1. The number of rotatable bonds is 6. The van der Waals surface area contributed by atoms with Crippen LogP contribution in [0.2, 0.25) is 0 Å². The Hall–Kier alpha value is -2.19. The molecule has 0 bridgehead atoms. The lowest BCUT2D eigenvalue weighted by Crippen LogP contribution is -2.46. The maximum Gasteiger partial charge on any atom is 0.261 e. The summed E-state index contributed by atoms with van der Waals surface area (Å²) in [7, 11) is -1.60. The highest BCUT2D eigenvalue weighted by Crippen LogP contribution is 2.21. The van der Waals surface area contributed by atoms with Crippen LogP contribution in [-0.4, -0.2) is 44.5 Å². The maximum absolute atomic E-state index is 12.6. The molecule has 26 heavy (non-hydrogen) atoms. The molecule has 0 radical (unpaired) electrons. The van der Waals surface area contributed by atoms with Gasteiger partial charge in [-0.05, 0) is 43.0 Å². The molecule has 0 spiro atoms. The molecule has 2 atom stereocenters. The summed E-state index contributed by atoms with van der Waals surface area (Å²) in [6, 6.07) is 8.99. The summed E-state index contributed by atoms with van der Waals surface area (Å²) in [4.78, 5) is 27.0. The van der Waals surface area contributed by atoms with Gasteiger partial charge in [0.2, 0.25) is 5.91 Å². The van der Waals surface area contributed by atoms with Gasteiger partial charge in [0.15, 0.2) is 9.84 Å². The highest BCUT2D eigenvalue weighted by atomic mass is 32.2. The van der Waals surface area contributed by atoms with Gasteiger partial charge in [0.05, 0.1) is 15.8 Å². The summed E-state index contributed by atoms with van der Waals surface area (Å²) in [5.74, 6) is -0.506. The minimum Gasteiger partial charge on any atom is -0.340 e. The second-order valence-electron chi connectivity index (χ2n) is 6.14. The lowest BCUT2D eigenvalue weighted by Gasteiger charge is -2.28. The molecule has 2 rings (SSSR count). The Labute approximate surface area is 157 Å². The van der Waals surface area contributed by atoms with Gasteiger partial charge < -0.3 is 10.2 Å². The largest absolute Gasteiger partial charge is 0.340 e. The third-order valence-electron chi connectivity index (χ3n) is 4.18. The van der Waals surface area contributed by atoms with Gasteiger partial charge in [-0.25, -0.2) is 8.42 Å². The van der Waals surface area contributed by atoms with Gasteiger partial charge in [-0.15, -0.1) is 11.3 Å². The summed E-state index contributed by atoms with van der Waals surface area (Å²) in [5.41, 5.74) is 0.810. The zero-order chi connectivity index (χ0) is 19.5. The average molecular weight is 395 g/mol. The summed E-state index contributed by atoms with van der Waals surface area (Å²) < 4.78 is 23.1. The number of amides is 2. The topological polar surface area (TPSA) is 83.6 Å². The van der Waals surface area contributed by atoms with E-state index in [0.29, 0.717) is 4.88 Å². The normalized spacial score (nSPS) is 13.7. The van der Waals surface area contributed by atoms with E-state index in [1.165, 1.54) is 28.4 Å². The third kappa shape index (κ3) is 4.70. The van der Waals surface area contributed by atoms with Crippen LogP contribution in [0.1, 0.15) is 35.1 Å². The van der Waals surface area contributed by atoms with E-state index in [2.05, 4.69) is 5.32 Å². The molecule has 6 nitrogen and oxygen atoms in total. The third-order valence-corrected chi connectivity index (χ3v) is 6.18. The monoisotopic (exact) mass is 394 g/mol. The molecule has 0 saturated heterocycles. The van der Waals surface area contributed by atoms with Crippen LogP contribution in [0.15, 0.2) is 46.7 Å². The Balaban J connectivity index is 2.05. The van der Waals surface area contributed by atoms with Crippen molar-refractivity contribution in [2.45, 2.75) is 30.8 Å². The Morgan fingerprint density at radius 1 is 1.12 bits per heavy atom. The first-order valence-electron chi connectivity index (χ1n) is 8.02. The smallest absolute Gasteiger partial charge is 0.261 e. The molecule has 8 heteroatoms. The van der Waals surface area contributed by atoms with Crippen molar-refractivity contribution < 1.29 is 18.0 Å². The molecule has 2 aromatic rings. The van der Waals surface area contributed by atoms with Crippen molar-refractivity contribution in [1.29, 1.82) is 0 Å². The molecule has 2 amide bonds. The van der Waals surface area contributed by atoms with E-state index in [1.54, 1.807) is 43.6 Å². The molecule has 1 N–H and O–H groups in total. The van der Waals surface area contributed by atoms with Gasteiger partial charge in [-0.2, -0.15) is 0 Å². The first kappa shape index (κ1) is 20.1. The van der Waals surface area contributed by atoms with Crippen molar-refractivity contribution in [2.75, 3.05) is 13.3 Å². The number of carbonyl (C=O) groups excluding carboxylic acids is 2. The molecule has 2 unspecified atom stereocenters. The minimum atomic E-state index is -3.26. The fourth-order valence-electron chi connectivity index (χ4n) is 2.45. The van der Waals surface area contributed by atoms with E-state index in [-0.39, 0.29) is 22.8 Å². The van der Waals surface area contributed by atoms with Crippen molar-refractivity contribution in [1.82, 2.24) is 10.2 Å².